The van der Waals surface area contributed by atoms with Gasteiger partial charge in [0.25, 0.3) is 11.7 Å². The quantitative estimate of drug-likeness (QED) is 0.421. The molecule has 2 unspecified atom stereocenters. The number of hydrogen-bond donors (Lipinski definition) is 2. The number of ether oxygens (including phenoxy) is 2. The van der Waals surface area contributed by atoms with Crippen LogP contribution in [0.15, 0.2) is 42.0 Å². The zero-order chi connectivity index (χ0) is 23.0. The molecule has 0 saturated carbocycles. The Balaban J connectivity index is 1.88. The predicted molar refractivity (Wildman–Crippen MR) is 119 cm³/mol. The number of aryl methyl sites for hydroxylation is 2. The molecule has 7 nitrogen and oxygen atoms in total. The van der Waals surface area contributed by atoms with Crippen LogP contribution in [0, 0.1) is 13.8 Å². The predicted octanol–water partition coefficient (Wildman–Crippen LogP) is 3.62. The largest absolute Gasteiger partial charge is 0.507 e. The second kappa shape index (κ2) is 8.67. The molecule has 0 bridgehead atoms. The molecule has 0 radical (unpaired) electrons. The highest BCUT2D eigenvalue weighted by molar-refractivity contribution is 6.46. The summed E-state index contributed by atoms with van der Waals surface area (Å²) in [6.45, 7) is 4.58. The smallest absolute Gasteiger partial charge is 0.295 e. The summed E-state index contributed by atoms with van der Waals surface area (Å²) in [6.07, 6.45) is 1.51. The van der Waals surface area contributed by atoms with E-state index in [1.807, 2.05) is 26.0 Å². The first-order valence-electron chi connectivity index (χ1n) is 10.7. The van der Waals surface area contributed by atoms with Crippen LogP contribution >= 0.6 is 0 Å². The summed E-state index contributed by atoms with van der Waals surface area (Å²) in [7, 11) is 1.44. The molecular formula is C25H27NO6. The van der Waals surface area contributed by atoms with Crippen LogP contribution in [0.25, 0.3) is 5.76 Å². The molecule has 2 aromatic rings. The Kier molecular flexibility index (Phi) is 5.93. The number of nitrogens with zero attached hydrogens (tertiary/aromatic N) is 1. The van der Waals surface area contributed by atoms with Gasteiger partial charge in [0.2, 0.25) is 0 Å². The van der Waals surface area contributed by atoms with Crippen molar-refractivity contribution in [2.75, 3.05) is 20.3 Å². The van der Waals surface area contributed by atoms with E-state index in [0.29, 0.717) is 17.7 Å². The van der Waals surface area contributed by atoms with Crippen LogP contribution in [0.3, 0.4) is 0 Å². The number of aliphatic hydroxyl groups excluding tert-OH is 1. The van der Waals surface area contributed by atoms with E-state index in [9.17, 15) is 19.8 Å². The van der Waals surface area contributed by atoms with Crippen LogP contribution in [-0.4, -0.2) is 53.2 Å². The van der Waals surface area contributed by atoms with E-state index in [-0.39, 0.29) is 35.5 Å². The first kappa shape index (κ1) is 21.9. The molecule has 2 fully saturated rings. The number of ketones is 1. The SMILES string of the molecule is COc1ccc(C2/C(=C(\O)c3cc(C)ccc3C)C(=O)C(=O)N2CC2CCCO2)cc1O. The second-order valence-corrected chi connectivity index (χ2v) is 8.34. The maximum absolute atomic E-state index is 13.2. The van der Waals surface area contributed by atoms with Crippen LogP contribution < -0.4 is 4.74 Å². The van der Waals surface area contributed by atoms with E-state index in [4.69, 9.17) is 9.47 Å². The van der Waals surface area contributed by atoms with E-state index in [1.165, 1.54) is 18.1 Å². The molecular weight excluding hydrogens is 410 g/mol. The van der Waals surface area contributed by atoms with Crippen LogP contribution in [0.4, 0.5) is 0 Å². The minimum Gasteiger partial charge on any atom is -0.507 e. The van der Waals surface area contributed by atoms with Crippen molar-refractivity contribution in [2.24, 2.45) is 0 Å². The third-order valence-electron chi connectivity index (χ3n) is 6.13. The molecule has 2 aromatic carbocycles. The number of carbonyl (C=O) groups excluding carboxylic acids is 2. The number of hydrogen-bond acceptors (Lipinski definition) is 6. The van der Waals surface area contributed by atoms with Crippen molar-refractivity contribution in [2.45, 2.75) is 38.8 Å². The Bertz CT molecular complexity index is 1100. The van der Waals surface area contributed by atoms with Crippen molar-refractivity contribution >= 4 is 17.4 Å². The zero-order valence-corrected chi connectivity index (χ0v) is 18.4. The summed E-state index contributed by atoms with van der Waals surface area (Å²) in [5.41, 5.74) is 2.72. The standard InChI is InChI=1S/C25H27NO6/c1-14-6-7-15(2)18(11-14)23(28)21-22(16-8-9-20(31-3)19(27)12-16)26(25(30)24(21)29)13-17-5-4-10-32-17/h6-9,11-12,17,22,27-28H,4-5,10,13H2,1-3H3/b23-21+. The molecule has 2 N–H and O–H groups in total. The van der Waals surface area contributed by atoms with E-state index < -0.39 is 17.7 Å². The minimum absolute atomic E-state index is 0.00580. The van der Waals surface area contributed by atoms with Gasteiger partial charge < -0.3 is 24.6 Å². The van der Waals surface area contributed by atoms with Crippen molar-refractivity contribution in [3.8, 4) is 11.5 Å². The fraction of sp³-hybridized carbons (Fsp3) is 0.360. The molecule has 0 aromatic heterocycles. The van der Waals surface area contributed by atoms with Crippen LogP contribution in [0.5, 0.6) is 11.5 Å². The van der Waals surface area contributed by atoms with Crippen molar-refractivity contribution in [3.05, 3.63) is 64.2 Å². The van der Waals surface area contributed by atoms with Gasteiger partial charge in [0, 0.05) is 18.7 Å². The Labute approximate surface area is 186 Å². The van der Waals surface area contributed by atoms with Gasteiger partial charge in [-0.25, -0.2) is 0 Å². The van der Waals surface area contributed by atoms with Gasteiger partial charge in [0.1, 0.15) is 5.76 Å². The van der Waals surface area contributed by atoms with Crippen LogP contribution in [0.2, 0.25) is 0 Å². The third kappa shape index (κ3) is 3.84. The number of Topliss-reactive ketones (excluding diaryl/α,β-unsaturated/α-hetero) is 1. The number of rotatable bonds is 5. The molecule has 0 aliphatic carbocycles. The van der Waals surface area contributed by atoms with E-state index in [0.717, 1.165) is 24.0 Å². The molecule has 4 rings (SSSR count). The van der Waals surface area contributed by atoms with Gasteiger partial charge in [-0.2, -0.15) is 0 Å². The van der Waals surface area contributed by atoms with E-state index in [2.05, 4.69) is 0 Å². The Morgan fingerprint density at radius 2 is 1.97 bits per heavy atom. The Morgan fingerprint density at radius 3 is 2.62 bits per heavy atom. The number of aliphatic hydroxyl groups is 1. The fourth-order valence-corrected chi connectivity index (χ4v) is 4.44. The van der Waals surface area contributed by atoms with Gasteiger partial charge in [-0.1, -0.05) is 23.8 Å². The lowest BCUT2D eigenvalue weighted by atomic mass is 9.93. The lowest BCUT2D eigenvalue weighted by Gasteiger charge is -2.27. The van der Waals surface area contributed by atoms with E-state index >= 15 is 0 Å². The van der Waals surface area contributed by atoms with Gasteiger partial charge in [-0.05, 0) is 56.0 Å². The first-order chi connectivity index (χ1) is 15.3. The van der Waals surface area contributed by atoms with Crippen molar-refractivity contribution in [1.29, 1.82) is 0 Å². The first-order valence-corrected chi connectivity index (χ1v) is 10.7. The van der Waals surface area contributed by atoms with E-state index in [1.54, 1.807) is 18.2 Å². The summed E-state index contributed by atoms with van der Waals surface area (Å²) >= 11 is 0. The summed E-state index contributed by atoms with van der Waals surface area (Å²) < 4.78 is 10.8. The summed E-state index contributed by atoms with van der Waals surface area (Å²) in [5, 5.41) is 21.6. The van der Waals surface area contributed by atoms with Gasteiger partial charge in [0.05, 0.1) is 24.8 Å². The summed E-state index contributed by atoms with van der Waals surface area (Å²) in [6, 6.07) is 9.45. The van der Waals surface area contributed by atoms with Gasteiger partial charge in [-0.15, -0.1) is 0 Å². The third-order valence-corrected chi connectivity index (χ3v) is 6.13. The number of likely N-dealkylation sites (tertiary alicyclic amines) is 1. The number of amides is 1. The average Bonchev–Trinajstić information content (AvgIpc) is 3.37. The summed E-state index contributed by atoms with van der Waals surface area (Å²) in [5.74, 6) is -1.49. The molecule has 2 saturated heterocycles. The lowest BCUT2D eigenvalue weighted by Crippen LogP contribution is -2.36. The highest BCUT2D eigenvalue weighted by Crippen LogP contribution is 2.42. The minimum atomic E-state index is -0.851. The second-order valence-electron chi connectivity index (χ2n) is 8.34. The number of benzene rings is 2. The number of phenols is 1. The Morgan fingerprint density at radius 1 is 1.19 bits per heavy atom. The topological polar surface area (TPSA) is 96.3 Å². The van der Waals surface area contributed by atoms with Crippen molar-refractivity contribution < 1.29 is 29.3 Å². The maximum atomic E-state index is 13.2. The molecule has 2 heterocycles. The average molecular weight is 437 g/mol. The number of aromatic hydroxyl groups is 1. The molecule has 2 atom stereocenters. The monoisotopic (exact) mass is 437 g/mol. The van der Waals surface area contributed by atoms with Crippen LogP contribution in [-0.2, 0) is 14.3 Å². The number of carbonyl (C=O) groups is 2. The molecule has 0 spiro atoms. The normalized spacial score (nSPS) is 22.5. The van der Waals surface area contributed by atoms with Gasteiger partial charge >= 0.3 is 0 Å². The molecule has 1 amide bonds. The molecule has 2 aliphatic heterocycles. The molecule has 32 heavy (non-hydrogen) atoms. The molecule has 7 heteroatoms. The lowest BCUT2D eigenvalue weighted by molar-refractivity contribution is -0.140. The van der Waals surface area contributed by atoms with Crippen LogP contribution in [0.1, 0.15) is 41.1 Å². The number of phenolic OH excluding ortho intramolecular Hbond substituents is 1. The summed E-state index contributed by atoms with van der Waals surface area (Å²) in [4.78, 5) is 27.7. The van der Waals surface area contributed by atoms with Crippen molar-refractivity contribution in [3.63, 3.8) is 0 Å². The molecule has 168 valence electrons. The number of methoxy groups -OCH3 is 1. The maximum Gasteiger partial charge on any atom is 0.295 e. The van der Waals surface area contributed by atoms with Crippen molar-refractivity contribution in [1.82, 2.24) is 4.90 Å². The highest BCUT2D eigenvalue weighted by atomic mass is 16.5. The van der Waals surface area contributed by atoms with Gasteiger partial charge in [0.15, 0.2) is 11.5 Å². The zero-order valence-electron chi connectivity index (χ0n) is 18.4. The van der Waals surface area contributed by atoms with Gasteiger partial charge in [-0.3, -0.25) is 9.59 Å². The fourth-order valence-electron chi connectivity index (χ4n) is 4.44. The highest BCUT2D eigenvalue weighted by Gasteiger charge is 2.47. The Hall–Kier alpha value is -3.32. The molecule has 2 aliphatic rings.